The molecule has 4 rings (SSSR count). The molecule has 3 heterocycles. The predicted octanol–water partition coefficient (Wildman–Crippen LogP) is 4.63. The Kier molecular flexibility index (Phi) is 4.26. The van der Waals surface area contributed by atoms with Gasteiger partial charge in [-0.15, -0.1) is 0 Å². The summed E-state index contributed by atoms with van der Waals surface area (Å²) in [5.74, 6) is 0.548. The van der Waals surface area contributed by atoms with Gasteiger partial charge in [0.2, 0.25) is 5.17 Å². The van der Waals surface area contributed by atoms with Crippen LogP contribution in [0.2, 0.25) is 5.02 Å². The van der Waals surface area contributed by atoms with E-state index in [1.165, 1.54) is 22.8 Å². The van der Waals surface area contributed by atoms with Crippen LogP contribution in [0.5, 0.6) is 0 Å². The number of benzene rings is 1. The minimum Gasteiger partial charge on any atom is -0.457 e. The van der Waals surface area contributed by atoms with Gasteiger partial charge in [0.25, 0.3) is 5.91 Å². The number of amidine groups is 2. The van der Waals surface area contributed by atoms with Gasteiger partial charge >= 0.3 is 0 Å². The van der Waals surface area contributed by atoms with Crippen molar-refractivity contribution in [1.82, 2.24) is 5.01 Å². The van der Waals surface area contributed by atoms with Crippen molar-refractivity contribution in [3.8, 4) is 11.3 Å². The average molecular weight is 385 g/mol. The van der Waals surface area contributed by atoms with E-state index in [2.05, 4.69) is 10.1 Å². The molecule has 0 spiro atoms. The summed E-state index contributed by atoms with van der Waals surface area (Å²) in [5, 5.41) is 15.8. The number of nitrogens with one attached hydrogen (secondary N) is 1. The van der Waals surface area contributed by atoms with Crippen molar-refractivity contribution in [2.24, 2.45) is 10.1 Å². The van der Waals surface area contributed by atoms with Crippen LogP contribution in [-0.2, 0) is 4.79 Å². The molecule has 1 aromatic heterocycles. The number of fused-ring (bicyclic) bond motifs is 1. The smallest absolute Gasteiger partial charge is 0.283 e. The van der Waals surface area contributed by atoms with Gasteiger partial charge in [0, 0.05) is 5.56 Å². The van der Waals surface area contributed by atoms with Crippen molar-refractivity contribution in [2.75, 3.05) is 0 Å². The van der Waals surface area contributed by atoms with Crippen molar-refractivity contribution in [2.45, 2.75) is 13.3 Å². The van der Waals surface area contributed by atoms with Gasteiger partial charge in [-0.05, 0) is 48.5 Å². The second-order valence-corrected chi connectivity index (χ2v) is 7.00. The van der Waals surface area contributed by atoms with Crippen LogP contribution in [0.3, 0.4) is 0 Å². The Morgan fingerprint density at radius 1 is 1.31 bits per heavy atom. The van der Waals surface area contributed by atoms with Crippen molar-refractivity contribution in [3.05, 3.63) is 52.8 Å². The first-order valence-electron chi connectivity index (χ1n) is 7.90. The van der Waals surface area contributed by atoms with Crippen LogP contribution in [0.4, 0.5) is 0 Å². The van der Waals surface area contributed by atoms with E-state index in [9.17, 15) is 4.79 Å². The lowest BCUT2D eigenvalue weighted by Crippen LogP contribution is -2.35. The summed E-state index contributed by atoms with van der Waals surface area (Å²) in [6.07, 6.45) is 2.23. The summed E-state index contributed by atoms with van der Waals surface area (Å²) >= 11 is 7.50. The Labute approximate surface area is 158 Å². The minimum absolute atomic E-state index is 0.00774. The molecule has 26 heavy (non-hydrogen) atoms. The molecule has 1 aromatic carbocycles. The van der Waals surface area contributed by atoms with E-state index in [1.54, 1.807) is 18.2 Å². The zero-order valence-corrected chi connectivity index (χ0v) is 15.3. The molecule has 0 saturated carbocycles. The number of halogens is 1. The highest BCUT2D eigenvalue weighted by molar-refractivity contribution is 8.26. The Hall–Kier alpha value is -2.64. The van der Waals surface area contributed by atoms with Gasteiger partial charge < -0.3 is 4.42 Å². The number of aliphatic imine (C=N–C) groups is 1. The highest BCUT2D eigenvalue weighted by Gasteiger charge is 2.35. The molecule has 0 atom stereocenters. The maximum Gasteiger partial charge on any atom is 0.283 e. The summed E-state index contributed by atoms with van der Waals surface area (Å²) in [5.41, 5.74) is 0.896. The van der Waals surface area contributed by atoms with Crippen LogP contribution in [0.15, 0.2) is 56.5 Å². The second kappa shape index (κ2) is 6.59. The maximum absolute atomic E-state index is 12.3. The van der Waals surface area contributed by atoms with Crippen LogP contribution in [0.25, 0.3) is 17.4 Å². The quantitative estimate of drug-likeness (QED) is 0.782. The lowest BCUT2D eigenvalue weighted by molar-refractivity contribution is -0.114. The first-order chi connectivity index (χ1) is 12.6. The van der Waals surface area contributed by atoms with Crippen LogP contribution in [0.1, 0.15) is 19.1 Å². The number of hydrazone groups is 1. The highest BCUT2D eigenvalue weighted by atomic mass is 35.5. The van der Waals surface area contributed by atoms with Crippen molar-refractivity contribution < 1.29 is 9.21 Å². The number of carbonyl (C=O) groups excluding carboxylic acids is 1. The molecule has 8 heteroatoms. The summed E-state index contributed by atoms with van der Waals surface area (Å²) in [4.78, 5) is 16.4. The lowest BCUT2D eigenvalue weighted by Gasteiger charge is -2.19. The Balaban J connectivity index is 1.67. The Bertz CT molecular complexity index is 1020. The van der Waals surface area contributed by atoms with Gasteiger partial charge in [0.1, 0.15) is 16.6 Å². The van der Waals surface area contributed by atoms with Crippen molar-refractivity contribution >= 4 is 51.4 Å². The average Bonchev–Trinajstić information content (AvgIpc) is 3.26. The zero-order valence-electron chi connectivity index (χ0n) is 13.7. The monoisotopic (exact) mass is 384 g/mol. The number of hydrogen-bond acceptors (Lipinski definition) is 5. The SMILES string of the molecule is CCC1=NN2C(=N)/C(=C/c3ccc(-c4ccccc4Cl)o3)C(=O)N=C2S1. The third-order valence-electron chi connectivity index (χ3n) is 3.85. The fourth-order valence-corrected chi connectivity index (χ4v) is 3.61. The number of amides is 1. The van der Waals surface area contributed by atoms with E-state index in [1.807, 2.05) is 25.1 Å². The predicted molar refractivity (Wildman–Crippen MR) is 104 cm³/mol. The molecule has 2 aromatic rings. The summed E-state index contributed by atoms with van der Waals surface area (Å²) in [7, 11) is 0. The number of carbonyl (C=O) groups is 1. The number of rotatable bonds is 3. The van der Waals surface area contributed by atoms with Gasteiger partial charge in [-0.3, -0.25) is 10.2 Å². The summed E-state index contributed by atoms with van der Waals surface area (Å²) in [6, 6.07) is 10.8. The molecule has 0 aliphatic carbocycles. The lowest BCUT2D eigenvalue weighted by atomic mass is 10.1. The van der Waals surface area contributed by atoms with Crippen molar-refractivity contribution in [3.63, 3.8) is 0 Å². The molecular weight excluding hydrogens is 372 g/mol. The van der Waals surface area contributed by atoms with Gasteiger partial charge in [-0.25, -0.2) is 0 Å². The molecule has 2 aliphatic rings. The van der Waals surface area contributed by atoms with Crippen LogP contribution in [-0.4, -0.2) is 27.0 Å². The fourth-order valence-electron chi connectivity index (χ4n) is 2.55. The van der Waals surface area contributed by atoms with E-state index >= 15 is 0 Å². The molecular formula is C18H13ClN4O2S. The molecule has 0 bridgehead atoms. The molecule has 130 valence electrons. The van der Waals surface area contributed by atoms with Crippen LogP contribution < -0.4 is 0 Å². The maximum atomic E-state index is 12.3. The number of hydrogen-bond donors (Lipinski definition) is 1. The molecule has 0 fully saturated rings. The van der Waals surface area contributed by atoms with Gasteiger partial charge in [-0.1, -0.05) is 30.7 Å². The van der Waals surface area contributed by atoms with E-state index in [0.29, 0.717) is 21.7 Å². The molecule has 6 nitrogen and oxygen atoms in total. The molecule has 0 radical (unpaired) electrons. The largest absolute Gasteiger partial charge is 0.457 e. The van der Waals surface area contributed by atoms with Crippen LogP contribution >= 0.6 is 23.4 Å². The van der Waals surface area contributed by atoms with Gasteiger partial charge in [-0.2, -0.15) is 15.1 Å². The standard InChI is InChI=1S/C18H13ClN4O2S/c1-2-15-22-23-16(20)12(17(24)21-18(23)26-15)9-10-7-8-14(25-10)11-5-3-4-6-13(11)19/h3-9,20H,2H2,1H3/b12-9-,20-16?. The topological polar surface area (TPSA) is 82.0 Å². The van der Waals surface area contributed by atoms with Crippen molar-refractivity contribution in [1.29, 1.82) is 5.41 Å². The Morgan fingerprint density at radius 3 is 2.88 bits per heavy atom. The fraction of sp³-hybridized carbons (Fsp3) is 0.111. The van der Waals surface area contributed by atoms with Gasteiger partial charge in [0.05, 0.1) is 10.6 Å². The van der Waals surface area contributed by atoms with Crippen LogP contribution in [0, 0.1) is 5.41 Å². The number of nitrogens with zero attached hydrogens (tertiary/aromatic N) is 3. The summed E-state index contributed by atoms with van der Waals surface area (Å²) < 4.78 is 5.79. The van der Waals surface area contributed by atoms with E-state index < -0.39 is 5.91 Å². The molecule has 0 unspecified atom stereocenters. The Morgan fingerprint density at radius 2 is 2.12 bits per heavy atom. The molecule has 1 amide bonds. The third kappa shape index (κ3) is 2.89. The highest BCUT2D eigenvalue weighted by Crippen LogP contribution is 2.32. The molecule has 1 N–H and O–H groups in total. The minimum atomic E-state index is -0.475. The normalized spacial score (nSPS) is 18.2. The number of thioether (sulfide) groups is 1. The van der Waals surface area contributed by atoms with E-state index in [0.717, 1.165) is 17.0 Å². The first kappa shape index (κ1) is 16.8. The molecule has 0 saturated heterocycles. The van der Waals surface area contributed by atoms with E-state index in [4.69, 9.17) is 21.4 Å². The summed E-state index contributed by atoms with van der Waals surface area (Å²) in [6.45, 7) is 1.96. The molecule has 2 aliphatic heterocycles. The van der Waals surface area contributed by atoms with E-state index in [-0.39, 0.29) is 11.4 Å². The number of furan rings is 1. The third-order valence-corrected chi connectivity index (χ3v) is 5.23. The van der Waals surface area contributed by atoms with Gasteiger partial charge in [0.15, 0.2) is 5.84 Å². The second-order valence-electron chi connectivity index (χ2n) is 5.55. The zero-order chi connectivity index (χ0) is 18.3. The first-order valence-corrected chi connectivity index (χ1v) is 9.10.